The molecule has 1 aromatic rings. The van der Waals surface area contributed by atoms with E-state index in [4.69, 9.17) is 23.7 Å². The van der Waals surface area contributed by atoms with Gasteiger partial charge in [-0.3, -0.25) is 0 Å². The van der Waals surface area contributed by atoms with Gasteiger partial charge < -0.3 is 23.7 Å². The van der Waals surface area contributed by atoms with Gasteiger partial charge in [0.1, 0.15) is 18.3 Å². The fourth-order valence-electron chi connectivity index (χ4n) is 2.70. The molecule has 5 nitrogen and oxygen atoms in total. The second-order valence-corrected chi connectivity index (χ2v) is 5.11. The van der Waals surface area contributed by atoms with Crippen molar-refractivity contribution in [1.29, 1.82) is 0 Å². The Kier molecular flexibility index (Phi) is 6.14. The zero-order valence-electron chi connectivity index (χ0n) is 13.0. The molecule has 118 valence electrons. The van der Waals surface area contributed by atoms with Gasteiger partial charge in [0.05, 0.1) is 12.7 Å². The molecule has 5 atom stereocenters. The zero-order valence-corrected chi connectivity index (χ0v) is 13.0. The molecule has 5 heteroatoms. The van der Waals surface area contributed by atoms with Crippen LogP contribution in [0.2, 0.25) is 0 Å². The monoisotopic (exact) mass is 296 g/mol. The molecule has 0 saturated carbocycles. The van der Waals surface area contributed by atoms with Gasteiger partial charge >= 0.3 is 0 Å². The second-order valence-electron chi connectivity index (χ2n) is 5.11. The summed E-state index contributed by atoms with van der Waals surface area (Å²) in [5.41, 5.74) is 1.09. The van der Waals surface area contributed by atoms with Crippen LogP contribution in [-0.2, 0) is 30.3 Å². The summed E-state index contributed by atoms with van der Waals surface area (Å²) in [6.45, 7) is 2.42. The van der Waals surface area contributed by atoms with E-state index < -0.39 is 6.29 Å². The summed E-state index contributed by atoms with van der Waals surface area (Å²) in [6, 6.07) is 9.98. The molecule has 2 rings (SSSR count). The molecule has 0 spiro atoms. The molecule has 0 N–H and O–H groups in total. The van der Waals surface area contributed by atoms with Crippen LogP contribution in [0, 0.1) is 0 Å². The summed E-state index contributed by atoms with van der Waals surface area (Å²) < 4.78 is 28.3. The lowest BCUT2D eigenvalue weighted by Crippen LogP contribution is -2.59. The van der Waals surface area contributed by atoms with Crippen molar-refractivity contribution >= 4 is 0 Å². The third-order valence-electron chi connectivity index (χ3n) is 3.79. The summed E-state index contributed by atoms with van der Waals surface area (Å²) >= 11 is 0. The lowest BCUT2D eigenvalue weighted by atomic mass is 9.99. The Morgan fingerprint density at radius 2 is 1.57 bits per heavy atom. The summed E-state index contributed by atoms with van der Waals surface area (Å²) in [4.78, 5) is 0. The van der Waals surface area contributed by atoms with Gasteiger partial charge in [0.2, 0.25) is 0 Å². The molecule has 1 aliphatic rings. The zero-order chi connectivity index (χ0) is 15.2. The molecule has 0 amide bonds. The van der Waals surface area contributed by atoms with E-state index in [1.165, 1.54) is 0 Å². The molecule has 0 aromatic heterocycles. The Labute approximate surface area is 126 Å². The molecular weight excluding hydrogens is 272 g/mol. The van der Waals surface area contributed by atoms with E-state index in [9.17, 15) is 0 Å². The van der Waals surface area contributed by atoms with Crippen molar-refractivity contribution < 1.29 is 23.7 Å². The third-order valence-corrected chi connectivity index (χ3v) is 3.79. The summed E-state index contributed by atoms with van der Waals surface area (Å²) in [5, 5.41) is 0. The SMILES string of the molecule is CO[C@@H]1O[C@@H](C)[C@H](OC)[C@@H](OC)[C@H]1OCc1ccccc1. The summed E-state index contributed by atoms with van der Waals surface area (Å²) in [6.07, 6.45) is -1.38. The first kappa shape index (κ1) is 16.4. The number of methoxy groups -OCH3 is 3. The largest absolute Gasteiger partial charge is 0.376 e. The van der Waals surface area contributed by atoms with Gasteiger partial charge in [0.25, 0.3) is 0 Å². The Bertz CT molecular complexity index is 410. The van der Waals surface area contributed by atoms with Crippen LogP contribution in [0.5, 0.6) is 0 Å². The standard InChI is InChI=1S/C16H24O5/c1-11-13(17-2)14(18-3)15(16(19-4)21-11)20-10-12-8-6-5-7-9-12/h5-9,11,13-16H,10H2,1-4H3/t11-,13-,14+,15+,16+/m0/s1. The maximum Gasteiger partial charge on any atom is 0.186 e. The molecule has 0 aliphatic carbocycles. The number of hydrogen-bond acceptors (Lipinski definition) is 5. The second kappa shape index (κ2) is 7.87. The molecule has 21 heavy (non-hydrogen) atoms. The van der Waals surface area contributed by atoms with Gasteiger partial charge in [-0.15, -0.1) is 0 Å². The molecular formula is C16H24O5. The minimum Gasteiger partial charge on any atom is -0.376 e. The molecule has 1 aliphatic heterocycles. The molecule has 0 bridgehead atoms. The normalized spacial score (nSPS) is 33.0. The van der Waals surface area contributed by atoms with Crippen LogP contribution in [0.25, 0.3) is 0 Å². The molecule has 0 unspecified atom stereocenters. The summed E-state index contributed by atoms with van der Waals surface area (Å²) in [7, 11) is 4.91. The van der Waals surface area contributed by atoms with E-state index >= 15 is 0 Å². The van der Waals surface area contributed by atoms with E-state index in [0.717, 1.165) is 5.56 Å². The van der Waals surface area contributed by atoms with Crippen LogP contribution >= 0.6 is 0 Å². The van der Waals surface area contributed by atoms with Crippen molar-refractivity contribution in [2.75, 3.05) is 21.3 Å². The Balaban J connectivity index is 2.08. The van der Waals surface area contributed by atoms with E-state index in [1.807, 2.05) is 37.3 Å². The molecule has 0 radical (unpaired) electrons. The predicted molar refractivity (Wildman–Crippen MR) is 78.0 cm³/mol. The lowest BCUT2D eigenvalue weighted by molar-refractivity contribution is -0.305. The third kappa shape index (κ3) is 3.81. The van der Waals surface area contributed by atoms with Crippen LogP contribution in [-0.4, -0.2) is 52.0 Å². The van der Waals surface area contributed by atoms with Gasteiger partial charge in [-0.25, -0.2) is 0 Å². The first-order chi connectivity index (χ1) is 10.2. The van der Waals surface area contributed by atoms with Crippen LogP contribution in [0.3, 0.4) is 0 Å². The van der Waals surface area contributed by atoms with E-state index in [2.05, 4.69) is 0 Å². The predicted octanol–water partition coefficient (Wildman–Crippen LogP) is 1.99. The minimum absolute atomic E-state index is 0.124. The van der Waals surface area contributed by atoms with Crippen molar-refractivity contribution in [2.24, 2.45) is 0 Å². The fourth-order valence-corrected chi connectivity index (χ4v) is 2.70. The van der Waals surface area contributed by atoms with Gasteiger partial charge in [0.15, 0.2) is 6.29 Å². The molecule has 1 fully saturated rings. The van der Waals surface area contributed by atoms with E-state index in [0.29, 0.717) is 6.61 Å². The maximum atomic E-state index is 6.00. The van der Waals surface area contributed by atoms with Crippen LogP contribution in [0.4, 0.5) is 0 Å². The highest BCUT2D eigenvalue weighted by molar-refractivity contribution is 5.13. The minimum atomic E-state index is -0.472. The first-order valence-corrected chi connectivity index (χ1v) is 7.10. The highest BCUT2D eigenvalue weighted by Crippen LogP contribution is 2.28. The van der Waals surface area contributed by atoms with Crippen LogP contribution < -0.4 is 0 Å². The van der Waals surface area contributed by atoms with E-state index in [-0.39, 0.29) is 24.4 Å². The fraction of sp³-hybridized carbons (Fsp3) is 0.625. The van der Waals surface area contributed by atoms with Crippen molar-refractivity contribution in [2.45, 2.75) is 44.2 Å². The van der Waals surface area contributed by atoms with Crippen molar-refractivity contribution in [3.63, 3.8) is 0 Å². The van der Waals surface area contributed by atoms with Crippen LogP contribution in [0.15, 0.2) is 30.3 Å². The average molecular weight is 296 g/mol. The number of hydrogen-bond donors (Lipinski definition) is 0. The highest BCUT2D eigenvalue weighted by atomic mass is 16.7. The Hall–Kier alpha value is -0.980. The van der Waals surface area contributed by atoms with Gasteiger partial charge in [0, 0.05) is 21.3 Å². The van der Waals surface area contributed by atoms with Crippen molar-refractivity contribution in [1.82, 2.24) is 0 Å². The number of rotatable bonds is 6. The van der Waals surface area contributed by atoms with E-state index in [1.54, 1.807) is 21.3 Å². The maximum absolute atomic E-state index is 6.00. The first-order valence-electron chi connectivity index (χ1n) is 7.10. The average Bonchev–Trinajstić information content (AvgIpc) is 2.53. The Morgan fingerprint density at radius 3 is 2.14 bits per heavy atom. The lowest BCUT2D eigenvalue weighted by Gasteiger charge is -2.43. The smallest absolute Gasteiger partial charge is 0.186 e. The molecule has 1 saturated heterocycles. The van der Waals surface area contributed by atoms with Crippen molar-refractivity contribution in [3.05, 3.63) is 35.9 Å². The Morgan fingerprint density at radius 1 is 0.905 bits per heavy atom. The summed E-state index contributed by atoms with van der Waals surface area (Å²) in [5.74, 6) is 0. The quantitative estimate of drug-likeness (QED) is 0.803. The number of benzene rings is 1. The molecule has 1 heterocycles. The van der Waals surface area contributed by atoms with Crippen LogP contribution in [0.1, 0.15) is 12.5 Å². The number of ether oxygens (including phenoxy) is 5. The van der Waals surface area contributed by atoms with Gasteiger partial charge in [-0.05, 0) is 12.5 Å². The van der Waals surface area contributed by atoms with Gasteiger partial charge in [-0.2, -0.15) is 0 Å². The molecule has 1 aromatic carbocycles. The van der Waals surface area contributed by atoms with Gasteiger partial charge in [-0.1, -0.05) is 30.3 Å². The van der Waals surface area contributed by atoms with Crippen molar-refractivity contribution in [3.8, 4) is 0 Å². The highest BCUT2D eigenvalue weighted by Gasteiger charge is 2.46. The topological polar surface area (TPSA) is 46.2 Å².